The largest absolute Gasteiger partial charge is 0.396 e. The van der Waals surface area contributed by atoms with E-state index in [9.17, 15) is 0 Å². The topological polar surface area (TPSA) is 41.5 Å². The van der Waals surface area contributed by atoms with Crippen LogP contribution in [0.1, 0.15) is 51.9 Å². The van der Waals surface area contributed by atoms with E-state index in [-0.39, 0.29) is 5.60 Å². The van der Waals surface area contributed by atoms with Gasteiger partial charge in [-0.15, -0.1) is 0 Å². The van der Waals surface area contributed by atoms with Crippen LogP contribution in [0, 0.1) is 0 Å². The Morgan fingerprint density at radius 1 is 1.50 bits per heavy atom. The summed E-state index contributed by atoms with van der Waals surface area (Å²) < 4.78 is 5.91. The Hall–Kier alpha value is -0.120. The van der Waals surface area contributed by atoms with Gasteiger partial charge in [-0.3, -0.25) is 0 Å². The second-order valence-electron chi connectivity index (χ2n) is 5.51. The minimum atomic E-state index is 0.243. The molecule has 0 radical (unpaired) electrons. The maximum atomic E-state index is 8.80. The second kappa shape index (κ2) is 5.48. The molecule has 2 unspecified atom stereocenters. The molecule has 0 aromatic rings. The molecule has 2 rings (SSSR count). The summed E-state index contributed by atoms with van der Waals surface area (Å²) in [6, 6.07) is 1.15. The van der Waals surface area contributed by atoms with Crippen molar-refractivity contribution in [3.8, 4) is 0 Å². The van der Waals surface area contributed by atoms with Crippen LogP contribution in [0.3, 0.4) is 0 Å². The van der Waals surface area contributed by atoms with Crippen LogP contribution >= 0.6 is 0 Å². The van der Waals surface area contributed by atoms with Crippen LogP contribution in [0.15, 0.2) is 0 Å². The van der Waals surface area contributed by atoms with E-state index in [0.717, 1.165) is 25.9 Å². The van der Waals surface area contributed by atoms with Gasteiger partial charge >= 0.3 is 0 Å². The van der Waals surface area contributed by atoms with E-state index >= 15 is 0 Å². The van der Waals surface area contributed by atoms with E-state index in [2.05, 4.69) is 12.2 Å². The molecule has 1 heterocycles. The summed E-state index contributed by atoms with van der Waals surface area (Å²) in [7, 11) is 0. The molecule has 1 saturated heterocycles. The van der Waals surface area contributed by atoms with E-state index in [1.807, 2.05) is 0 Å². The van der Waals surface area contributed by atoms with E-state index in [1.165, 1.54) is 25.7 Å². The molecule has 0 aromatic carbocycles. The fraction of sp³-hybridized carbons (Fsp3) is 1.00. The molecule has 2 atom stereocenters. The lowest BCUT2D eigenvalue weighted by molar-refractivity contribution is -0.136. The van der Waals surface area contributed by atoms with Gasteiger partial charge in [0.25, 0.3) is 0 Å². The molecule has 1 spiro atoms. The highest BCUT2D eigenvalue weighted by Gasteiger charge is 2.42. The quantitative estimate of drug-likeness (QED) is 0.753. The first-order valence-electron chi connectivity index (χ1n) is 6.75. The summed E-state index contributed by atoms with van der Waals surface area (Å²) in [5.74, 6) is 0. The molecular formula is C13H25NO2. The predicted molar refractivity (Wildman–Crippen MR) is 64.5 cm³/mol. The van der Waals surface area contributed by atoms with Crippen molar-refractivity contribution in [2.45, 2.75) is 69.6 Å². The molecule has 0 amide bonds. The molecule has 2 N–H and O–H groups in total. The van der Waals surface area contributed by atoms with Crippen molar-refractivity contribution < 1.29 is 9.84 Å². The van der Waals surface area contributed by atoms with Crippen LogP contribution in [0.25, 0.3) is 0 Å². The Balaban J connectivity index is 1.72. The zero-order chi connectivity index (χ0) is 11.4. The van der Waals surface area contributed by atoms with Crippen LogP contribution < -0.4 is 5.32 Å². The summed E-state index contributed by atoms with van der Waals surface area (Å²) in [5.41, 5.74) is 0.243. The summed E-state index contributed by atoms with van der Waals surface area (Å²) in [6.45, 7) is 3.45. The number of aliphatic hydroxyl groups is 1. The summed E-state index contributed by atoms with van der Waals surface area (Å²) in [4.78, 5) is 0. The van der Waals surface area contributed by atoms with Crippen molar-refractivity contribution in [2.75, 3.05) is 13.2 Å². The number of nitrogens with one attached hydrogen (secondary N) is 1. The molecule has 0 bridgehead atoms. The van der Waals surface area contributed by atoms with Gasteiger partial charge in [-0.05, 0) is 51.9 Å². The number of hydrogen-bond donors (Lipinski definition) is 2. The van der Waals surface area contributed by atoms with Crippen molar-refractivity contribution in [3.63, 3.8) is 0 Å². The molecule has 16 heavy (non-hydrogen) atoms. The van der Waals surface area contributed by atoms with Gasteiger partial charge in [-0.25, -0.2) is 0 Å². The third kappa shape index (κ3) is 2.96. The molecule has 3 nitrogen and oxygen atoms in total. The third-order valence-electron chi connectivity index (χ3n) is 4.07. The highest BCUT2D eigenvalue weighted by molar-refractivity contribution is 4.96. The Morgan fingerprint density at radius 2 is 2.31 bits per heavy atom. The molecule has 1 aliphatic heterocycles. The van der Waals surface area contributed by atoms with Crippen LogP contribution in [-0.2, 0) is 4.74 Å². The third-order valence-corrected chi connectivity index (χ3v) is 4.07. The molecule has 0 aromatic heterocycles. The highest BCUT2D eigenvalue weighted by Crippen LogP contribution is 2.42. The van der Waals surface area contributed by atoms with Crippen LogP contribution in [0.2, 0.25) is 0 Å². The summed E-state index contributed by atoms with van der Waals surface area (Å²) >= 11 is 0. The number of hydrogen-bond acceptors (Lipinski definition) is 3. The number of rotatable bonds is 5. The average molecular weight is 227 g/mol. The summed E-state index contributed by atoms with van der Waals surface area (Å²) in [6.07, 6.45) is 8.17. The maximum Gasteiger partial charge on any atom is 0.0697 e. The van der Waals surface area contributed by atoms with Gasteiger partial charge in [0.15, 0.2) is 0 Å². The van der Waals surface area contributed by atoms with Gasteiger partial charge in [0.2, 0.25) is 0 Å². The lowest BCUT2D eigenvalue weighted by Gasteiger charge is -2.47. The monoisotopic (exact) mass is 227 g/mol. The van der Waals surface area contributed by atoms with Crippen LogP contribution in [-0.4, -0.2) is 36.0 Å². The first-order valence-corrected chi connectivity index (χ1v) is 6.75. The predicted octanol–water partition coefficient (Wildman–Crippen LogP) is 1.84. The molecule has 3 heteroatoms. The fourth-order valence-electron chi connectivity index (χ4n) is 2.97. The normalized spacial score (nSPS) is 30.0. The van der Waals surface area contributed by atoms with Gasteiger partial charge in [0.1, 0.15) is 0 Å². The van der Waals surface area contributed by atoms with Gasteiger partial charge in [0, 0.05) is 25.3 Å². The molecule has 2 aliphatic rings. The number of ether oxygens (including phenoxy) is 1. The minimum absolute atomic E-state index is 0.243. The average Bonchev–Trinajstić information content (AvgIpc) is 2.24. The van der Waals surface area contributed by atoms with Crippen molar-refractivity contribution in [3.05, 3.63) is 0 Å². The van der Waals surface area contributed by atoms with Crippen molar-refractivity contribution in [1.82, 2.24) is 5.32 Å². The van der Waals surface area contributed by atoms with E-state index < -0.39 is 0 Å². The second-order valence-corrected chi connectivity index (χ2v) is 5.51. The first-order chi connectivity index (χ1) is 7.74. The zero-order valence-corrected chi connectivity index (χ0v) is 10.4. The van der Waals surface area contributed by atoms with Gasteiger partial charge in [0.05, 0.1) is 5.60 Å². The van der Waals surface area contributed by atoms with Crippen molar-refractivity contribution >= 4 is 0 Å². The molecular weight excluding hydrogens is 202 g/mol. The summed E-state index contributed by atoms with van der Waals surface area (Å²) in [5, 5.41) is 12.5. The Bertz CT molecular complexity index is 216. The molecule has 1 saturated carbocycles. The Labute approximate surface area is 98.6 Å². The number of aliphatic hydroxyl groups excluding tert-OH is 1. The van der Waals surface area contributed by atoms with Gasteiger partial charge in [-0.1, -0.05) is 0 Å². The Morgan fingerprint density at radius 3 is 2.94 bits per heavy atom. The Kier molecular flexibility index (Phi) is 4.22. The van der Waals surface area contributed by atoms with E-state index in [0.29, 0.717) is 18.7 Å². The smallest absolute Gasteiger partial charge is 0.0697 e. The zero-order valence-electron chi connectivity index (χ0n) is 10.4. The van der Waals surface area contributed by atoms with E-state index in [4.69, 9.17) is 9.84 Å². The van der Waals surface area contributed by atoms with Crippen molar-refractivity contribution in [1.29, 1.82) is 0 Å². The standard InChI is InChI=1S/C13H25NO2/c1-11(4-2-8-15)14-12-5-9-16-13(10-12)6-3-7-13/h11-12,14-15H,2-10H2,1H3. The van der Waals surface area contributed by atoms with Crippen LogP contribution in [0.4, 0.5) is 0 Å². The maximum absolute atomic E-state index is 8.80. The van der Waals surface area contributed by atoms with Crippen molar-refractivity contribution in [2.24, 2.45) is 0 Å². The minimum Gasteiger partial charge on any atom is -0.396 e. The molecule has 1 aliphatic carbocycles. The molecule has 2 fully saturated rings. The first kappa shape index (κ1) is 12.3. The molecule has 94 valence electrons. The SMILES string of the molecule is CC(CCCO)NC1CCOC2(CCC2)C1. The lowest BCUT2D eigenvalue weighted by Crippen LogP contribution is -2.52. The highest BCUT2D eigenvalue weighted by atomic mass is 16.5. The van der Waals surface area contributed by atoms with Gasteiger partial charge < -0.3 is 15.2 Å². The lowest BCUT2D eigenvalue weighted by atomic mass is 9.74. The van der Waals surface area contributed by atoms with E-state index in [1.54, 1.807) is 0 Å². The van der Waals surface area contributed by atoms with Crippen LogP contribution in [0.5, 0.6) is 0 Å². The van der Waals surface area contributed by atoms with Gasteiger partial charge in [-0.2, -0.15) is 0 Å². The fourth-order valence-corrected chi connectivity index (χ4v) is 2.97.